The van der Waals surface area contributed by atoms with E-state index in [1.54, 1.807) is 39.0 Å². The number of aromatic hydroxyl groups is 1. The number of amides is 3. The molecule has 3 amide bonds. The van der Waals surface area contributed by atoms with Crippen LogP contribution in [0.2, 0.25) is 0 Å². The van der Waals surface area contributed by atoms with Gasteiger partial charge < -0.3 is 25.4 Å². The van der Waals surface area contributed by atoms with Crippen LogP contribution in [0.15, 0.2) is 97.6 Å². The summed E-state index contributed by atoms with van der Waals surface area (Å²) < 4.78 is 5.50. The number of carbonyl (C=O) groups is 3. The fourth-order valence-electron chi connectivity index (χ4n) is 5.16. The van der Waals surface area contributed by atoms with Gasteiger partial charge in [0.05, 0.1) is 0 Å². The minimum absolute atomic E-state index is 0.0318. The fraction of sp³-hybridized carbons (Fsp3) is 0.270. The number of benzene rings is 4. The second-order valence-electron chi connectivity index (χ2n) is 12.2. The Hall–Kier alpha value is -5.11. The van der Waals surface area contributed by atoms with Crippen LogP contribution in [0.1, 0.15) is 49.1 Å². The maximum absolute atomic E-state index is 14.5. The molecule has 4 rings (SSSR count). The van der Waals surface area contributed by atoms with E-state index in [2.05, 4.69) is 17.2 Å². The van der Waals surface area contributed by atoms with Gasteiger partial charge in [0.25, 0.3) is 5.91 Å². The molecule has 2 atom stereocenters. The molecular formula is C37H41N3O5. The summed E-state index contributed by atoms with van der Waals surface area (Å²) in [5, 5.41) is 17.6. The summed E-state index contributed by atoms with van der Waals surface area (Å²) in [4.78, 5) is 43.2. The number of phenolic OH excluding ortho intramolecular Hbond substituents is 1. The maximum atomic E-state index is 14.5. The van der Waals surface area contributed by atoms with Gasteiger partial charge >= 0.3 is 6.09 Å². The highest BCUT2D eigenvalue weighted by molar-refractivity contribution is 6.00. The van der Waals surface area contributed by atoms with E-state index in [9.17, 15) is 19.5 Å². The summed E-state index contributed by atoms with van der Waals surface area (Å²) in [5.41, 5.74) is 2.91. The number of nitrogens with one attached hydrogen (secondary N) is 2. The second kappa shape index (κ2) is 14.1. The number of phenols is 1. The first-order valence-corrected chi connectivity index (χ1v) is 14.9. The standard InChI is InChI=1S/C37H41N3O5/c1-7-20-40(35(43)32(39-36(44)45-37(4,5)6)22-26-14-18-30(41)19-15-26)33(31-21-24(2)12-13-25(31)3)34(42)38-29-17-16-27-10-8-9-11-28(27)23-29/h7-19,21,23,32-33,41H,1,20,22H2,2-6H3,(H,38,42)(H,39,44). The van der Waals surface area contributed by atoms with Crippen molar-refractivity contribution in [3.8, 4) is 5.75 Å². The van der Waals surface area contributed by atoms with E-state index in [0.29, 0.717) is 16.8 Å². The Kier molecular flexibility index (Phi) is 10.3. The SMILES string of the molecule is C=CCN(C(=O)C(Cc1ccc(O)cc1)NC(=O)OC(C)(C)C)C(C(=O)Nc1ccc2ccccc2c1)c1cc(C)ccc1C. The van der Waals surface area contributed by atoms with Gasteiger partial charge in [-0.1, -0.05) is 72.3 Å². The lowest BCUT2D eigenvalue weighted by atomic mass is 9.95. The van der Waals surface area contributed by atoms with Crippen LogP contribution in [0.5, 0.6) is 5.75 Å². The Bertz CT molecular complexity index is 1690. The summed E-state index contributed by atoms with van der Waals surface area (Å²) in [5.74, 6) is -0.821. The van der Waals surface area contributed by atoms with Crippen LogP contribution in [-0.4, -0.2) is 46.1 Å². The van der Waals surface area contributed by atoms with E-state index in [1.807, 2.05) is 74.5 Å². The number of aryl methyl sites for hydroxylation is 2. The number of anilines is 1. The molecule has 4 aromatic rings. The Labute approximate surface area is 264 Å². The van der Waals surface area contributed by atoms with Crippen molar-refractivity contribution in [1.82, 2.24) is 10.2 Å². The van der Waals surface area contributed by atoms with Crippen molar-refractivity contribution in [3.05, 3.63) is 120 Å². The van der Waals surface area contributed by atoms with E-state index in [-0.39, 0.29) is 18.7 Å². The van der Waals surface area contributed by atoms with E-state index in [1.165, 1.54) is 17.0 Å². The molecule has 0 bridgehead atoms. The molecule has 4 aromatic carbocycles. The minimum atomic E-state index is -1.09. The number of fused-ring (bicyclic) bond motifs is 1. The molecule has 45 heavy (non-hydrogen) atoms. The van der Waals surface area contributed by atoms with Gasteiger partial charge in [-0.2, -0.15) is 0 Å². The molecule has 8 nitrogen and oxygen atoms in total. The van der Waals surface area contributed by atoms with E-state index >= 15 is 0 Å². The number of carbonyl (C=O) groups excluding carboxylic acids is 3. The van der Waals surface area contributed by atoms with E-state index in [4.69, 9.17) is 4.74 Å². The molecule has 0 aliphatic heterocycles. The van der Waals surface area contributed by atoms with Crippen LogP contribution in [0.4, 0.5) is 10.5 Å². The van der Waals surface area contributed by atoms with Gasteiger partial charge in [0.1, 0.15) is 23.4 Å². The van der Waals surface area contributed by atoms with Gasteiger partial charge in [0, 0.05) is 18.7 Å². The number of nitrogens with zero attached hydrogens (tertiary/aromatic N) is 1. The number of hydrogen-bond acceptors (Lipinski definition) is 5. The van der Waals surface area contributed by atoms with Crippen LogP contribution in [0, 0.1) is 13.8 Å². The van der Waals surface area contributed by atoms with Gasteiger partial charge in [-0.05, 0) is 86.3 Å². The van der Waals surface area contributed by atoms with Gasteiger partial charge in [-0.25, -0.2) is 4.79 Å². The molecule has 0 saturated heterocycles. The van der Waals surface area contributed by atoms with Crippen LogP contribution >= 0.6 is 0 Å². The largest absolute Gasteiger partial charge is 0.508 e. The third-order valence-corrected chi connectivity index (χ3v) is 7.28. The molecular weight excluding hydrogens is 566 g/mol. The van der Waals surface area contributed by atoms with Gasteiger partial charge in [0.15, 0.2) is 0 Å². The molecule has 0 aromatic heterocycles. The molecule has 0 radical (unpaired) electrons. The minimum Gasteiger partial charge on any atom is -0.508 e. The summed E-state index contributed by atoms with van der Waals surface area (Å²) in [7, 11) is 0. The Morgan fingerprint density at radius 1 is 0.933 bits per heavy atom. The summed E-state index contributed by atoms with van der Waals surface area (Å²) >= 11 is 0. The normalized spacial score (nSPS) is 12.6. The molecule has 0 aliphatic rings. The third kappa shape index (κ3) is 8.72. The van der Waals surface area contributed by atoms with Gasteiger partial charge in [0.2, 0.25) is 5.91 Å². The molecule has 0 spiro atoms. The first kappa shape index (κ1) is 32.8. The molecule has 0 aliphatic carbocycles. The number of rotatable bonds is 10. The lowest BCUT2D eigenvalue weighted by Gasteiger charge is -2.34. The lowest BCUT2D eigenvalue weighted by molar-refractivity contribution is -0.140. The van der Waals surface area contributed by atoms with E-state index in [0.717, 1.165) is 21.9 Å². The third-order valence-electron chi connectivity index (χ3n) is 7.28. The van der Waals surface area contributed by atoms with Gasteiger partial charge in [-0.15, -0.1) is 6.58 Å². The zero-order valence-electron chi connectivity index (χ0n) is 26.5. The van der Waals surface area contributed by atoms with Crippen molar-refractivity contribution in [1.29, 1.82) is 0 Å². The smallest absolute Gasteiger partial charge is 0.408 e. The van der Waals surface area contributed by atoms with E-state index < -0.39 is 35.6 Å². The second-order valence-corrected chi connectivity index (χ2v) is 12.2. The van der Waals surface area contributed by atoms with Crippen molar-refractivity contribution < 1.29 is 24.2 Å². The lowest BCUT2D eigenvalue weighted by Crippen LogP contribution is -2.53. The monoisotopic (exact) mass is 607 g/mol. The average molecular weight is 608 g/mol. The highest BCUT2D eigenvalue weighted by Crippen LogP contribution is 2.29. The van der Waals surface area contributed by atoms with Crippen LogP contribution in [-0.2, 0) is 20.7 Å². The Morgan fingerprint density at radius 2 is 1.62 bits per heavy atom. The summed E-state index contributed by atoms with van der Waals surface area (Å²) in [6, 6.07) is 23.5. The van der Waals surface area contributed by atoms with Gasteiger partial charge in [-0.3, -0.25) is 9.59 Å². The number of hydrogen-bond donors (Lipinski definition) is 3. The van der Waals surface area contributed by atoms with Crippen molar-refractivity contribution in [3.63, 3.8) is 0 Å². The van der Waals surface area contributed by atoms with Crippen molar-refractivity contribution in [2.24, 2.45) is 0 Å². The molecule has 234 valence electrons. The highest BCUT2D eigenvalue weighted by Gasteiger charge is 2.36. The molecule has 0 saturated carbocycles. The zero-order chi connectivity index (χ0) is 32.7. The quantitative estimate of drug-likeness (QED) is 0.168. The number of alkyl carbamates (subject to hydrolysis) is 1. The average Bonchev–Trinajstić information content (AvgIpc) is 2.98. The molecule has 0 heterocycles. The first-order valence-electron chi connectivity index (χ1n) is 14.9. The summed E-state index contributed by atoms with van der Waals surface area (Å²) in [6.07, 6.45) is 0.893. The predicted octanol–water partition coefficient (Wildman–Crippen LogP) is 6.99. The predicted molar refractivity (Wildman–Crippen MR) is 178 cm³/mol. The topological polar surface area (TPSA) is 108 Å². The highest BCUT2D eigenvalue weighted by atomic mass is 16.6. The maximum Gasteiger partial charge on any atom is 0.408 e. The molecule has 0 fully saturated rings. The van der Waals surface area contributed by atoms with Crippen molar-refractivity contribution in [2.75, 3.05) is 11.9 Å². The van der Waals surface area contributed by atoms with Crippen molar-refractivity contribution in [2.45, 2.75) is 58.7 Å². The summed E-state index contributed by atoms with van der Waals surface area (Å²) in [6.45, 7) is 12.9. The van der Waals surface area contributed by atoms with Crippen molar-refractivity contribution >= 4 is 34.4 Å². The van der Waals surface area contributed by atoms with Crippen LogP contribution in [0.25, 0.3) is 10.8 Å². The first-order chi connectivity index (χ1) is 21.3. The fourth-order valence-corrected chi connectivity index (χ4v) is 5.16. The molecule has 2 unspecified atom stereocenters. The zero-order valence-corrected chi connectivity index (χ0v) is 26.5. The van der Waals surface area contributed by atoms with Crippen LogP contribution < -0.4 is 10.6 Å². The molecule has 8 heteroatoms. The number of ether oxygens (including phenoxy) is 1. The Balaban J connectivity index is 1.76. The molecule has 3 N–H and O–H groups in total. The van der Waals surface area contributed by atoms with Crippen LogP contribution in [0.3, 0.4) is 0 Å². The Morgan fingerprint density at radius 3 is 2.29 bits per heavy atom.